The van der Waals surface area contributed by atoms with Crippen LogP contribution in [0.3, 0.4) is 0 Å². The van der Waals surface area contributed by atoms with Gasteiger partial charge in [-0.05, 0) is 65.5 Å². The highest BCUT2D eigenvalue weighted by molar-refractivity contribution is 6.10. The van der Waals surface area contributed by atoms with Gasteiger partial charge < -0.3 is 0 Å². The first-order valence-electron chi connectivity index (χ1n) is 3.55. The summed E-state index contributed by atoms with van der Waals surface area (Å²) in [5, 5.41) is 0. The zero-order valence-electron chi connectivity index (χ0n) is 7.36. The molecule has 14 heavy (non-hydrogen) atoms. The maximum absolute atomic E-state index is 5.11. The summed E-state index contributed by atoms with van der Waals surface area (Å²) in [6.45, 7) is 0. The average molecular weight is 170 g/mol. The maximum Gasteiger partial charge on any atom is 0.0828 e. The smallest absolute Gasteiger partial charge is 0.0828 e. The number of rotatable bonds is 0. The molecule has 0 unspecified atom stereocenters. The molecule has 0 aromatic heterocycles. The minimum Gasteiger partial charge on any atom is -0.106 e. The van der Waals surface area contributed by atoms with E-state index in [4.69, 9.17) is 14.3 Å². The lowest BCUT2D eigenvalue weighted by Gasteiger charge is -1.60. The van der Waals surface area contributed by atoms with Gasteiger partial charge in [0.05, 0.1) is 7.85 Å². The molecule has 1 heteroatoms. The fourth-order valence-electron chi connectivity index (χ4n) is 0.350. The van der Waals surface area contributed by atoms with Crippen LogP contribution in [0.4, 0.5) is 0 Å². The summed E-state index contributed by atoms with van der Waals surface area (Å²) in [4.78, 5) is 0. The van der Waals surface area contributed by atoms with Gasteiger partial charge in [-0.2, -0.15) is 0 Å². The largest absolute Gasteiger partial charge is 0.106 e. The molecule has 0 aliphatic heterocycles. The molecule has 0 aliphatic carbocycles. The minimum atomic E-state index is 0.295. The van der Waals surface area contributed by atoms with E-state index < -0.39 is 0 Å². The predicted octanol–water partition coefficient (Wildman–Crippen LogP) is 0.223. The van der Waals surface area contributed by atoms with E-state index >= 15 is 0 Å². The van der Waals surface area contributed by atoms with Crippen molar-refractivity contribution in [1.82, 2.24) is 0 Å². The molecular formula is C13H3B. The van der Waals surface area contributed by atoms with Crippen molar-refractivity contribution >= 4 is 7.85 Å². The summed E-state index contributed by atoms with van der Waals surface area (Å²) in [7, 11) is 5.11. The molecule has 0 rings (SSSR count). The van der Waals surface area contributed by atoms with Crippen molar-refractivity contribution in [2.24, 2.45) is 0 Å². The Bertz CT molecular complexity index is 517. The summed E-state index contributed by atoms with van der Waals surface area (Å²) < 4.78 is 0. The third-order valence-electron chi connectivity index (χ3n) is 0.763. The first-order chi connectivity index (χ1) is 6.91. The molecule has 0 heterocycles. The molecule has 0 aromatic rings. The fourth-order valence-corrected chi connectivity index (χ4v) is 0.350. The van der Waals surface area contributed by atoms with E-state index in [9.17, 15) is 0 Å². The van der Waals surface area contributed by atoms with Gasteiger partial charge in [0.15, 0.2) is 0 Å². The third kappa shape index (κ3) is 9.42. The standard InChI is InChI=1S/C13H3B/c1-2-3-4-5-6-7-8-9-10-11-12-13-14/h1H,13H2. The van der Waals surface area contributed by atoms with E-state index in [-0.39, 0.29) is 0 Å². The van der Waals surface area contributed by atoms with Crippen molar-refractivity contribution in [3.8, 4) is 71.5 Å². The molecule has 0 saturated heterocycles. The van der Waals surface area contributed by atoms with Crippen LogP contribution in [0.5, 0.6) is 0 Å². The van der Waals surface area contributed by atoms with Gasteiger partial charge >= 0.3 is 0 Å². The van der Waals surface area contributed by atoms with Gasteiger partial charge in [0.25, 0.3) is 0 Å². The summed E-state index contributed by atoms with van der Waals surface area (Å²) in [6, 6.07) is 0. The SMILES string of the molecule is [B]CC#CC#CC#CC#CC#CC#C. The first kappa shape index (κ1) is 11.4. The van der Waals surface area contributed by atoms with Crippen molar-refractivity contribution < 1.29 is 0 Å². The first-order valence-corrected chi connectivity index (χ1v) is 3.55. The predicted molar refractivity (Wildman–Crippen MR) is 58.3 cm³/mol. The average Bonchev–Trinajstić information content (AvgIpc) is 2.21. The number of hydrogen-bond acceptors (Lipinski definition) is 0. The third-order valence-corrected chi connectivity index (χ3v) is 0.763. The molecule has 0 fully saturated rings. The maximum atomic E-state index is 5.11. The number of hydrogen-bond donors (Lipinski definition) is 0. The molecule has 58 valence electrons. The zero-order valence-corrected chi connectivity index (χ0v) is 7.36. The van der Waals surface area contributed by atoms with Crippen molar-refractivity contribution in [1.29, 1.82) is 0 Å². The van der Waals surface area contributed by atoms with E-state index in [0.29, 0.717) is 6.32 Å². The molecular weight excluding hydrogens is 167 g/mol. The molecule has 0 atom stereocenters. The van der Waals surface area contributed by atoms with Gasteiger partial charge in [0.1, 0.15) is 0 Å². The van der Waals surface area contributed by atoms with Gasteiger partial charge in [0.2, 0.25) is 0 Å². The van der Waals surface area contributed by atoms with Crippen LogP contribution in [0.2, 0.25) is 6.32 Å². The molecule has 0 N–H and O–H groups in total. The van der Waals surface area contributed by atoms with Crippen LogP contribution in [0, 0.1) is 71.5 Å². The van der Waals surface area contributed by atoms with Crippen LogP contribution in [0.25, 0.3) is 0 Å². The van der Waals surface area contributed by atoms with Crippen LogP contribution in [0.1, 0.15) is 0 Å². The lowest BCUT2D eigenvalue weighted by atomic mass is 10.1. The molecule has 0 amide bonds. The van der Waals surface area contributed by atoms with Crippen LogP contribution in [-0.2, 0) is 0 Å². The van der Waals surface area contributed by atoms with Gasteiger partial charge in [-0.15, -0.1) is 6.42 Å². The van der Waals surface area contributed by atoms with E-state index in [0.717, 1.165) is 0 Å². The Morgan fingerprint density at radius 3 is 1.57 bits per heavy atom. The van der Waals surface area contributed by atoms with E-state index in [1.54, 1.807) is 0 Å². The Morgan fingerprint density at radius 2 is 1.14 bits per heavy atom. The highest BCUT2D eigenvalue weighted by atomic mass is 13.6. The zero-order chi connectivity index (χ0) is 10.5. The second-order valence-corrected chi connectivity index (χ2v) is 1.65. The summed E-state index contributed by atoms with van der Waals surface area (Å²) in [5.74, 6) is 26.7. The molecule has 0 nitrogen and oxygen atoms in total. The quantitative estimate of drug-likeness (QED) is 0.360. The topological polar surface area (TPSA) is 0 Å². The normalized spacial score (nSPS) is 4.21. The molecule has 0 bridgehead atoms. The monoisotopic (exact) mass is 170 g/mol. The van der Waals surface area contributed by atoms with Crippen LogP contribution in [0.15, 0.2) is 0 Å². The summed E-state index contributed by atoms with van der Waals surface area (Å²) in [6.07, 6.45) is 5.16. The Balaban J connectivity index is 4.11. The van der Waals surface area contributed by atoms with Gasteiger partial charge in [-0.3, -0.25) is 0 Å². The Hall–Kier alpha value is -2.58. The molecule has 0 saturated carbocycles. The van der Waals surface area contributed by atoms with Crippen molar-refractivity contribution in [2.75, 3.05) is 0 Å². The van der Waals surface area contributed by atoms with E-state index in [2.05, 4.69) is 65.1 Å². The van der Waals surface area contributed by atoms with Crippen LogP contribution in [-0.4, -0.2) is 7.85 Å². The minimum absolute atomic E-state index is 0.295. The Kier molecular flexibility index (Phi) is 8.51. The Labute approximate surface area is 86.3 Å². The second-order valence-electron chi connectivity index (χ2n) is 1.65. The lowest BCUT2D eigenvalue weighted by molar-refractivity contribution is 1.88. The number of terminal acetylenes is 1. The van der Waals surface area contributed by atoms with Crippen LogP contribution >= 0.6 is 0 Å². The summed E-state index contributed by atoms with van der Waals surface area (Å²) in [5.41, 5.74) is 0. The van der Waals surface area contributed by atoms with Crippen molar-refractivity contribution in [3.05, 3.63) is 0 Å². The van der Waals surface area contributed by atoms with Gasteiger partial charge in [0, 0.05) is 0 Å². The van der Waals surface area contributed by atoms with Crippen molar-refractivity contribution in [3.63, 3.8) is 0 Å². The van der Waals surface area contributed by atoms with Crippen molar-refractivity contribution in [2.45, 2.75) is 6.32 Å². The summed E-state index contributed by atoms with van der Waals surface area (Å²) >= 11 is 0. The fraction of sp³-hybridized carbons (Fsp3) is 0.0769. The highest BCUT2D eigenvalue weighted by Crippen LogP contribution is 1.61. The molecule has 0 aliphatic rings. The molecule has 0 aromatic carbocycles. The van der Waals surface area contributed by atoms with Crippen LogP contribution < -0.4 is 0 Å². The van der Waals surface area contributed by atoms with Gasteiger partial charge in [-0.25, -0.2) is 0 Å². The van der Waals surface area contributed by atoms with Gasteiger partial charge in [-0.1, -0.05) is 5.92 Å². The molecule has 2 radical (unpaired) electrons. The highest BCUT2D eigenvalue weighted by Gasteiger charge is 1.57. The molecule has 0 spiro atoms. The van der Waals surface area contributed by atoms with E-state index in [1.165, 1.54) is 0 Å². The lowest BCUT2D eigenvalue weighted by Crippen LogP contribution is -1.57. The second kappa shape index (κ2) is 10.4. The Morgan fingerprint density at radius 1 is 0.714 bits per heavy atom. The van der Waals surface area contributed by atoms with E-state index in [1.807, 2.05) is 0 Å².